The van der Waals surface area contributed by atoms with Gasteiger partial charge in [0, 0.05) is 17.6 Å². The van der Waals surface area contributed by atoms with Gasteiger partial charge in [0.15, 0.2) is 0 Å². The van der Waals surface area contributed by atoms with Gasteiger partial charge in [-0.3, -0.25) is 4.79 Å². The van der Waals surface area contributed by atoms with Crippen molar-refractivity contribution in [3.8, 4) is 0 Å². The fourth-order valence-corrected chi connectivity index (χ4v) is 3.68. The largest absolute Gasteiger partial charge is 0.384 e. The number of pyridine rings is 1. The SMILES string of the molecule is O=C(N[C@H]1CC[C@H](CNc2ccc(Cl)nc2)CC1)c1cc(Cl)ccc1Cl. The van der Waals surface area contributed by atoms with E-state index in [1.807, 2.05) is 6.07 Å². The number of anilines is 1. The lowest BCUT2D eigenvalue weighted by Crippen LogP contribution is -2.38. The number of hydrogen-bond acceptors (Lipinski definition) is 3. The molecule has 0 unspecified atom stereocenters. The molecule has 1 aliphatic carbocycles. The molecule has 0 spiro atoms. The molecule has 1 aromatic carbocycles. The molecule has 26 heavy (non-hydrogen) atoms. The molecular weight excluding hydrogens is 393 g/mol. The summed E-state index contributed by atoms with van der Waals surface area (Å²) in [6.07, 6.45) is 5.76. The van der Waals surface area contributed by atoms with Crippen molar-refractivity contribution in [1.29, 1.82) is 0 Å². The molecule has 1 saturated carbocycles. The average Bonchev–Trinajstić information content (AvgIpc) is 2.64. The molecule has 2 N–H and O–H groups in total. The van der Waals surface area contributed by atoms with E-state index in [-0.39, 0.29) is 11.9 Å². The van der Waals surface area contributed by atoms with Crippen molar-refractivity contribution in [2.45, 2.75) is 31.7 Å². The number of halogens is 3. The Labute approximate surface area is 168 Å². The second-order valence-electron chi connectivity index (χ2n) is 6.57. The van der Waals surface area contributed by atoms with Crippen LogP contribution in [0.5, 0.6) is 0 Å². The van der Waals surface area contributed by atoms with E-state index in [0.717, 1.165) is 37.9 Å². The summed E-state index contributed by atoms with van der Waals surface area (Å²) in [6.45, 7) is 0.893. The Bertz CT molecular complexity index is 759. The van der Waals surface area contributed by atoms with Crippen LogP contribution in [0.15, 0.2) is 36.5 Å². The predicted molar refractivity (Wildman–Crippen MR) is 107 cm³/mol. The zero-order valence-electron chi connectivity index (χ0n) is 14.1. The van der Waals surface area contributed by atoms with E-state index >= 15 is 0 Å². The summed E-state index contributed by atoms with van der Waals surface area (Å²) in [5.41, 5.74) is 1.40. The summed E-state index contributed by atoms with van der Waals surface area (Å²) in [5, 5.41) is 7.89. The van der Waals surface area contributed by atoms with E-state index < -0.39 is 0 Å². The van der Waals surface area contributed by atoms with Gasteiger partial charge in [0.05, 0.1) is 22.5 Å². The van der Waals surface area contributed by atoms with Gasteiger partial charge in [-0.15, -0.1) is 0 Å². The van der Waals surface area contributed by atoms with Gasteiger partial charge in [-0.05, 0) is 61.9 Å². The lowest BCUT2D eigenvalue weighted by Gasteiger charge is -2.29. The third kappa shape index (κ3) is 5.26. The molecule has 1 aromatic heterocycles. The zero-order valence-corrected chi connectivity index (χ0v) is 16.4. The molecule has 4 nitrogen and oxygen atoms in total. The second kappa shape index (κ2) is 8.94. The molecule has 3 rings (SSSR count). The van der Waals surface area contributed by atoms with Crippen molar-refractivity contribution in [3.05, 3.63) is 57.3 Å². The summed E-state index contributed by atoms with van der Waals surface area (Å²) >= 11 is 17.9. The van der Waals surface area contributed by atoms with Crippen LogP contribution in [0.3, 0.4) is 0 Å². The molecule has 0 saturated heterocycles. The second-order valence-corrected chi connectivity index (χ2v) is 7.80. The van der Waals surface area contributed by atoms with Crippen molar-refractivity contribution in [2.24, 2.45) is 5.92 Å². The molecule has 1 amide bonds. The quantitative estimate of drug-likeness (QED) is 0.643. The van der Waals surface area contributed by atoms with Gasteiger partial charge >= 0.3 is 0 Å². The van der Waals surface area contributed by atoms with E-state index in [1.165, 1.54) is 0 Å². The number of carbonyl (C=O) groups is 1. The van der Waals surface area contributed by atoms with Crippen LogP contribution in [0.4, 0.5) is 5.69 Å². The van der Waals surface area contributed by atoms with Gasteiger partial charge in [0.25, 0.3) is 5.91 Å². The maximum Gasteiger partial charge on any atom is 0.253 e. The predicted octanol–water partition coefficient (Wildman–Crippen LogP) is 5.44. The number of rotatable bonds is 5. The molecule has 1 fully saturated rings. The van der Waals surface area contributed by atoms with Gasteiger partial charge in [-0.2, -0.15) is 0 Å². The van der Waals surface area contributed by atoms with Crippen LogP contribution in [0, 0.1) is 5.92 Å². The van der Waals surface area contributed by atoms with Crippen LogP contribution in [-0.2, 0) is 0 Å². The van der Waals surface area contributed by atoms with E-state index in [2.05, 4.69) is 15.6 Å². The Morgan fingerprint density at radius 2 is 1.85 bits per heavy atom. The zero-order chi connectivity index (χ0) is 18.5. The first-order valence-electron chi connectivity index (χ1n) is 8.62. The summed E-state index contributed by atoms with van der Waals surface area (Å²) in [4.78, 5) is 16.5. The number of nitrogens with one attached hydrogen (secondary N) is 2. The first kappa shape index (κ1) is 19.3. The Morgan fingerprint density at radius 1 is 1.08 bits per heavy atom. The number of aromatic nitrogens is 1. The van der Waals surface area contributed by atoms with Gasteiger partial charge in [-0.1, -0.05) is 34.8 Å². The molecule has 1 heterocycles. The van der Waals surface area contributed by atoms with E-state index in [0.29, 0.717) is 26.7 Å². The van der Waals surface area contributed by atoms with Crippen molar-refractivity contribution in [1.82, 2.24) is 10.3 Å². The summed E-state index contributed by atoms with van der Waals surface area (Å²) in [7, 11) is 0. The minimum Gasteiger partial charge on any atom is -0.384 e. The highest BCUT2D eigenvalue weighted by Crippen LogP contribution is 2.26. The van der Waals surface area contributed by atoms with Gasteiger partial charge < -0.3 is 10.6 Å². The summed E-state index contributed by atoms with van der Waals surface area (Å²) in [5.74, 6) is 0.417. The molecular formula is C19H20Cl3N3O. The Hall–Kier alpha value is -1.49. The third-order valence-electron chi connectivity index (χ3n) is 4.68. The third-order valence-corrected chi connectivity index (χ3v) is 5.47. The van der Waals surface area contributed by atoms with Crippen LogP contribution in [0.2, 0.25) is 15.2 Å². The lowest BCUT2D eigenvalue weighted by atomic mass is 9.86. The van der Waals surface area contributed by atoms with Gasteiger partial charge in [0.1, 0.15) is 5.15 Å². The van der Waals surface area contributed by atoms with E-state index in [4.69, 9.17) is 34.8 Å². The van der Waals surface area contributed by atoms with Crippen molar-refractivity contribution in [2.75, 3.05) is 11.9 Å². The Balaban J connectivity index is 1.45. The number of nitrogens with zero attached hydrogens (tertiary/aromatic N) is 1. The highest BCUT2D eigenvalue weighted by Gasteiger charge is 2.23. The highest BCUT2D eigenvalue weighted by atomic mass is 35.5. The Kier molecular flexibility index (Phi) is 6.63. The maximum absolute atomic E-state index is 12.4. The number of benzene rings is 1. The summed E-state index contributed by atoms with van der Waals surface area (Å²) < 4.78 is 0. The van der Waals surface area contributed by atoms with Crippen LogP contribution in [0.25, 0.3) is 0 Å². The summed E-state index contributed by atoms with van der Waals surface area (Å²) in [6, 6.07) is 8.80. The molecule has 1 aliphatic rings. The Morgan fingerprint density at radius 3 is 2.54 bits per heavy atom. The first-order valence-corrected chi connectivity index (χ1v) is 9.76. The molecule has 0 bridgehead atoms. The number of hydrogen-bond donors (Lipinski definition) is 2. The van der Waals surface area contributed by atoms with Crippen LogP contribution < -0.4 is 10.6 Å². The standard InChI is InChI=1S/C19H20Cl3N3O/c20-13-3-7-17(21)16(9-13)19(26)25-14-4-1-12(2-5-14)10-23-15-6-8-18(22)24-11-15/h3,6-9,11-12,14,23H,1-2,4-5,10H2,(H,25,26)/t12-,14-. The van der Waals surface area contributed by atoms with Crippen LogP contribution >= 0.6 is 34.8 Å². The molecule has 0 radical (unpaired) electrons. The van der Waals surface area contributed by atoms with E-state index in [1.54, 1.807) is 30.5 Å². The van der Waals surface area contributed by atoms with Crippen molar-refractivity contribution >= 4 is 46.4 Å². The van der Waals surface area contributed by atoms with Gasteiger partial charge in [-0.25, -0.2) is 4.98 Å². The molecule has 138 valence electrons. The molecule has 2 aromatic rings. The molecule has 0 atom stereocenters. The maximum atomic E-state index is 12.4. The minimum absolute atomic E-state index is 0.161. The molecule has 7 heteroatoms. The van der Waals surface area contributed by atoms with Crippen LogP contribution in [0.1, 0.15) is 36.0 Å². The highest BCUT2D eigenvalue weighted by molar-refractivity contribution is 6.35. The first-order chi connectivity index (χ1) is 12.5. The number of carbonyl (C=O) groups excluding carboxylic acids is 1. The smallest absolute Gasteiger partial charge is 0.253 e. The van der Waals surface area contributed by atoms with Crippen molar-refractivity contribution < 1.29 is 4.79 Å². The van der Waals surface area contributed by atoms with Gasteiger partial charge in [0.2, 0.25) is 0 Å². The number of amides is 1. The fraction of sp³-hybridized carbons (Fsp3) is 0.368. The monoisotopic (exact) mass is 411 g/mol. The van der Waals surface area contributed by atoms with Crippen LogP contribution in [-0.4, -0.2) is 23.5 Å². The fourth-order valence-electron chi connectivity index (χ4n) is 3.19. The molecule has 0 aliphatic heterocycles. The average molecular weight is 413 g/mol. The minimum atomic E-state index is -0.161. The lowest BCUT2D eigenvalue weighted by molar-refractivity contribution is 0.0923. The van der Waals surface area contributed by atoms with Crippen molar-refractivity contribution in [3.63, 3.8) is 0 Å². The van der Waals surface area contributed by atoms with E-state index in [9.17, 15) is 4.79 Å². The normalized spacial score (nSPS) is 19.8. The topological polar surface area (TPSA) is 54.0 Å².